The quantitative estimate of drug-likeness (QED) is 0.742. The minimum Gasteiger partial charge on any atom is -0.481 e. The van der Waals surface area contributed by atoms with Crippen LogP contribution in [-0.2, 0) is 16.1 Å². The van der Waals surface area contributed by atoms with Crippen molar-refractivity contribution in [2.75, 3.05) is 20.3 Å². The monoisotopic (exact) mass is 286 g/mol. The molecule has 5 nitrogen and oxygen atoms in total. The molecule has 1 aromatic rings. The summed E-state index contributed by atoms with van der Waals surface area (Å²) in [5.41, 5.74) is 6.38. The lowest BCUT2D eigenvalue weighted by molar-refractivity contribution is -0.127. The largest absolute Gasteiger partial charge is 0.481 e. The molecule has 0 aliphatic heterocycles. The number of hydrogen-bond donors (Lipinski definition) is 2. The van der Waals surface area contributed by atoms with Gasteiger partial charge in [0, 0.05) is 30.8 Å². The van der Waals surface area contributed by atoms with Crippen LogP contribution in [0.25, 0.3) is 0 Å². The molecule has 19 heavy (non-hydrogen) atoms. The van der Waals surface area contributed by atoms with Crippen molar-refractivity contribution in [2.45, 2.75) is 19.6 Å². The maximum absolute atomic E-state index is 11.7. The maximum atomic E-state index is 11.7. The number of nitrogens with one attached hydrogen (secondary N) is 1. The van der Waals surface area contributed by atoms with Crippen LogP contribution >= 0.6 is 11.6 Å². The van der Waals surface area contributed by atoms with E-state index < -0.39 is 6.10 Å². The first-order chi connectivity index (χ1) is 9.08. The van der Waals surface area contributed by atoms with Gasteiger partial charge in [-0.2, -0.15) is 0 Å². The Morgan fingerprint density at radius 1 is 1.53 bits per heavy atom. The van der Waals surface area contributed by atoms with E-state index in [1.807, 2.05) is 0 Å². The summed E-state index contributed by atoms with van der Waals surface area (Å²) in [7, 11) is 1.58. The molecule has 1 atom stereocenters. The molecule has 0 saturated heterocycles. The van der Waals surface area contributed by atoms with Crippen LogP contribution in [0, 0.1) is 0 Å². The zero-order chi connectivity index (χ0) is 14.3. The van der Waals surface area contributed by atoms with Crippen molar-refractivity contribution in [3.05, 3.63) is 28.8 Å². The van der Waals surface area contributed by atoms with Gasteiger partial charge in [0.25, 0.3) is 5.91 Å². The third kappa shape index (κ3) is 5.06. The lowest BCUT2D eigenvalue weighted by atomic mass is 10.2. The molecule has 1 amide bonds. The van der Waals surface area contributed by atoms with Crippen molar-refractivity contribution < 1.29 is 14.3 Å². The number of ether oxygens (including phenoxy) is 2. The van der Waals surface area contributed by atoms with Crippen molar-refractivity contribution in [1.29, 1.82) is 0 Å². The average Bonchev–Trinajstić information content (AvgIpc) is 2.40. The van der Waals surface area contributed by atoms with Crippen molar-refractivity contribution in [3.63, 3.8) is 0 Å². The van der Waals surface area contributed by atoms with Gasteiger partial charge in [-0.1, -0.05) is 11.6 Å². The molecule has 0 heterocycles. The predicted molar refractivity (Wildman–Crippen MR) is 74.3 cm³/mol. The number of halogens is 1. The summed E-state index contributed by atoms with van der Waals surface area (Å²) in [5, 5.41) is 3.29. The van der Waals surface area contributed by atoms with Gasteiger partial charge in [-0.15, -0.1) is 0 Å². The predicted octanol–water partition coefficient (Wildman–Crippen LogP) is 1.33. The molecule has 0 saturated carbocycles. The molecule has 1 unspecified atom stereocenters. The van der Waals surface area contributed by atoms with Crippen molar-refractivity contribution in [3.8, 4) is 5.75 Å². The first-order valence-electron chi connectivity index (χ1n) is 6.00. The highest BCUT2D eigenvalue weighted by Crippen LogP contribution is 2.23. The Balaban J connectivity index is 2.60. The molecule has 106 valence electrons. The van der Waals surface area contributed by atoms with E-state index in [9.17, 15) is 4.79 Å². The fraction of sp³-hybridized carbons (Fsp3) is 0.462. The fourth-order valence-corrected chi connectivity index (χ4v) is 1.68. The molecular weight excluding hydrogens is 268 g/mol. The molecule has 1 rings (SSSR count). The van der Waals surface area contributed by atoms with Gasteiger partial charge in [-0.25, -0.2) is 0 Å². The van der Waals surface area contributed by atoms with Crippen LogP contribution in [0.3, 0.4) is 0 Å². The number of carbonyl (C=O) groups excluding carboxylic acids is 1. The van der Waals surface area contributed by atoms with Crippen LogP contribution in [0.4, 0.5) is 0 Å². The Morgan fingerprint density at radius 2 is 2.26 bits per heavy atom. The lowest BCUT2D eigenvalue weighted by Crippen LogP contribution is -2.38. The molecule has 0 radical (unpaired) electrons. The van der Waals surface area contributed by atoms with E-state index in [4.69, 9.17) is 26.8 Å². The number of hydrogen-bond acceptors (Lipinski definition) is 4. The summed E-state index contributed by atoms with van der Waals surface area (Å²) < 4.78 is 10.4. The van der Waals surface area contributed by atoms with E-state index in [2.05, 4.69) is 5.32 Å². The van der Waals surface area contributed by atoms with Gasteiger partial charge in [0.1, 0.15) is 5.75 Å². The van der Waals surface area contributed by atoms with Gasteiger partial charge < -0.3 is 20.5 Å². The molecule has 0 fully saturated rings. The van der Waals surface area contributed by atoms with Gasteiger partial charge in [-0.3, -0.25) is 4.79 Å². The van der Waals surface area contributed by atoms with Crippen LogP contribution < -0.4 is 15.8 Å². The van der Waals surface area contributed by atoms with E-state index in [0.717, 1.165) is 5.56 Å². The van der Waals surface area contributed by atoms with Crippen molar-refractivity contribution in [1.82, 2.24) is 5.32 Å². The summed E-state index contributed by atoms with van der Waals surface area (Å²) in [6, 6.07) is 5.14. The molecular formula is C13H19ClN2O3. The van der Waals surface area contributed by atoms with Gasteiger partial charge in [0.2, 0.25) is 0 Å². The first kappa shape index (κ1) is 15.8. The van der Waals surface area contributed by atoms with Crippen LogP contribution in [0.15, 0.2) is 18.2 Å². The van der Waals surface area contributed by atoms with E-state index in [1.54, 1.807) is 32.2 Å². The standard InChI is InChI=1S/C13H19ClN2O3/c1-9(13(17)16-5-6-18-2)19-12-4-3-11(14)7-10(12)8-15/h3-4,7,9H,5-6,8,15H2,1-2H3,(H,16,17). The van der Waals surface area contributed by atoms with Gasteiger partial charge >= 0.3 is 0 Å². The highest BCUT2D eigenvalue weighted by Gasteiger charge is 2.15. The SMILES string of the molecule is COCCNC(=O)C(C)Oc1ccc(Cl)cc1CN. The van der Waals surface area contributed by atoms with Gasteiger partial charge in [-0.05, 0) is 25.1 Å². The molecule has 0 aliphatic carbocycles. The Kier molecular flexibility index (Phi) is 6.62. The number of carbonyl (C=O) groups is 1. The second-order valence-corrected chi connectivity index (χ2v) is 4.44. The second kappa shape index (κ2) is 7.99. The second-order valence-electron chi connectivity index (χ2n) is 4.00. The number of amides is 1. The number of nitrogens with two attached hydrogens (primary N) is 1. The number of rotatable bonds is 7. The number of methoxy groups -OCH3 is 1. The summed E-state index contributed by atoms with van der Waals surface area (Å²) in [5.74, 6) is 0.372. The minimum atomic E-state index is -0.608. The molecule has 1 aromatic carbocycles. The number of benzene rings is 1. The molecule has 6 heteroatoms. The first-order valence-corrected chi connectivity index (χ1v) is 6.38. The van der Waals surface area contributed by atoms with E-state index >= 15 is 0 Å². The summed E-state index contributed by atoms with van der Waals surface area (Å²) in [6.07, 6.45) is -0.608. The minimum absolute atomic E-state index is 0.199. The van der Waals surface area contributed by atoms with E-state index in [0.29, 0.717) is 30.5 Å². The fourth-order valence-electron chi connectivity index (χ4n) is 1.49. The Hall–Kier alpha value is -1.30. The molecule has 0 spiro atoms. The van der Waals surface area contributed by atoms with Gasteiger partial charge in [0.05, 0.1) is 6.61 Å². The Labute approximate surface area is 118 Å². The van der Waals surface area contributed by atoms with E-state index in [1.165, 1.54) is 0 Å². The highest BCUT2D eigenvalue weighted by molar-refractivity contribution is 6.30. The Bertz CT molecular complexity index is 426. The zero-order valence-corrected chi connectivity index (χ0v) is 11.9. The molecule has 3 N–H and O–H groups in total. The maximum Gasteiger partial charge on any atom is 0.260 e. The van der Waals surface area contributed by atoms with Crippen LogP contribution in [0.1, 0.15) is 12.5 Å². The van der Waals surface area contributed by atoms with Crippen molar-refractivity contribution >= 4 is 17.5 Å². The average molecular weight is 287 g/mol. The lowest BCUT2D eigenvalue weighted by Gasteiger charge is -2.17. The van der Waals surface area contributed by atoms with E-state index in [-0.39, 0.29) is 5.91 Å². The zero-order valence-electron chi connectivity index (χ0n) is 11.1. The van der Waals surface area contributed by atoms with Crippen LogP contribution in [0.2, 0.25) is 5.02 Å². The highest BCUT2D eigenvalue weighted by atomic mass is 35.5. The van der Waals surface area contributed by atoms with Crippen LogP contribution in [-0.4, -0.2) is 32.3 Å². The molecule has 0 bridgehead atoms. The summed E-state index contributed by atoms with van der Waals surface area (Å²) in [6.45, 7) is 2.89. The summed E-state index contributed by atoms with van der Waals surface area (Å²) in [4.78, 5) is 11.7. The smallest absolute Gasteiger partial charge is 0.260 e. The normalized spacial score (nSPS) is 12.0. The van der Waals surface area contributed by atoms with Crippen LogP contribution in [0.5, 0.6) is 5.75 Å². The molecule has 0 aliphatic rings. The third-order valence-corrected chi connectivity index (χ3v) is 2.76. The topological polar surface area (TPSA) is 73.6 Å². The molecule has 0 aromatic heterocycles. The summed E-state index contributed by atoms with van der Waals surface area (Å²) >= 11 is 5.87. The van der Waals surface area contributed by atoms with Gasteiger partial charge in [0.15, 0.2) is 6.10 Å². The van der Waals surface area contributed by atoms with Crippen molar-refractivity contribution in [2.24, 2.45) is 5.73 Å². The third-order valence-electron chi connectivity index (χ3n) is 2.52. The Morgan fingerprint density at radius 3 is 2.89 bits per heavy atom.